The first-order valence-corrected chi connectivity index (χ1v) is 8.64. The lowest BCUT2D eigenvalue weighted by atomic mass is 10.1. The molecule has 0 saturated heterocycles. The molecule has 6 heteroatoms. The average molecular weight is 369 g/mol. The molecule has 1 heterocycles. The predicted octanol–water partition coefficient (Wildman–Crippen LogP) is 3.82. The van der Waals surface area contributed by atoms with Crippen LogP contribution in [0.1, 0.15) is 23.0 Å². The van der Waals surface area contributed by atoms with E-state index in [4.69, 9.17) is 18.6 Å². The lowest BCUT2D eigenvalue weighted by Gasteiger charge is -2.17. The van der Waals surface area contributed by atoms with Crippen molar-refractivity contribution in [3.05, 3.63) is 53.8 Å². The maximum absolute atomic E-state index is 12.7. The van der Waals surface area contributed by atoms with E-state index in [9.17, 15) is 4.79 Å². The molecule has 0 fully saturated rings. The van der Waals surface area contributed by atoms with Gasteiger partial charge < -0.3 is 23.9 Å². The Hall–Kier alpha value is -3.15. The van der Waals surface area contributed by atoms with E-state index in [-0.39, 0.29) is 11.9 Å². The number of benzene rings is 2. The Labute approximate surface area is 158 Å². The van der Waals surface area contributed by atoms with Crippen LogP contribution in [0.25, 0.3) is 11.0 Å². The molecule has 3 aromatic rings. The number of rotatable bonds is 7. The number of para-hydroxylation sites is 1. The van der Waals surface area contributed by atoms with Gasteiger partial charge in [0.1, 0.15) is 11.3 Å². The van der Waals surface area contributed by atoms with E-state index < -0.39 is 0 Å². The van der Waals surface area contributed by atoms with Gasteiger partial charge in [0.25, 0.3) is 5.91 Å². The fraction of sp³-hybridized carbons (Fsp3) is 0.286. The minimum Gasteiger partial charge on any atom is -0.493 e. The van der Waals surface area contributed by atoms with E-state index in [0.717, 1.165) is 16.7 Å². The molecule has 0 aliphatic carbocycles. The number of methoxy groups -OCH3 is 3. The molecule has 0 spiro atoms. The highest BCUT2D eigenvalue weighted by atomic mass is 16.5. The van der Waals surface area contributed by atoms with E-state index in [1.54, 1.807) is 12.1 Å². The lowest BCUT2D eigenvalue weighted by Crippen LogP contribution is -2.34. The van der Waals surface area contributed by atoms with Gasteiger partial charge in [-0.1, -0.05) is 18.2 Å². The number of nitrogens with one attached hydrogen (secondary N) is 1. The second-order valence-electron chi connectivity index (χ2n) is 6.21. The molecule has 2 aromatic carbocycles. The second kappa shape index (κ2) is 8.03. The molecule has 142 valence electrons. The summed E-state index contributed by atoms with van der Waals surface area (Å²) in [7, 11) is 4.53. The SMILES string of the molecule is COc1ccc(C(=O)N[C@@H](C)Cc2cc3ccccc3o2)c(OC)c1OC. The summed E-state index contributed by atoms with van der Waals surface area (Å²) >= 11 is 0. The van der Waals surface area contributed by atoms with Gasteiger partial charge >= 0.3 is 0 Å². The zero-order valence-electron chi connectivity index (χ0n) is 15.9. The van der Waals surface area contributed by atoms with Crippen LogP contribution in [-0.2, 0) is 6.42 Å². The van der Waals surface area contributed by atoms with Crippen LogP contribution in [0.3, 0.4) is 0 Å². The number of carbonyl (C=O) groups is 1. The molecule has 1 aromatic heterocycles. The maximum atomic E-state index is 12.7. The fourth-order valence-corrected chi connectivity index (χ4v) is 3.07. The summed E-state index contributed by atoms with van der Waals surface area (Å²) in [6, 6.07) is 13.0. The number of hydrogen-bond donors (Lipinski definition) is 1. The molecule has 0 aliphatic rings. The lowest BCUT2D eigenvalue weighted by molar-refractivity contribution is 0.0935. The largest absolute Gasteiger partial charge is 0.493 e. The number of ether oxygens (including phenoxy) is 3. The fourth-order valence-electron chi connectivity index (χ4n) is 3.07. The molecular weight excluding hydrogens is 346 g/mol. The Balaban J connectivity index is 1.76. The van der Waals surface area contributed by atoms with Crippen molar-refractivity contribution in [3.8, 4) is 17.2 Å². The molecule has 1 atom stereocenters. The zero-order chi connectivity index (χ0) is 19.4. The van der Waals surface area contributed by atoms with Crippen LogP contribution in [0, 0.1) is 0 Å². The van der Waals surface area contributed by atoms with Crippen LogP contribution in [0.15, 0.2) is 46.9 Å². The Kier molecular flexibility index (Phi) is 5.54. The van der Waals surface area contributed by atoms with Crippen LogP contribution >= 0.6 is 0 Å². The van der Waals surface area contributed by atoms with Crippen LogP contribution in [0.4, 0.5) is 0 Å². The third-order valence-electron chi connectivity index (χ3n) is 4.31. The number of carbonyl (C=O) groups excluding carboxylic acids is 1. The summed E-state index contributed by atoms with van der Waals surface area (Å²) < 4.78 is 21.8. The first-order valence-electron chi connectivity index (χ1n) is 8.64. The molecule has 0 radical (unpaired) electrons. The quantitative estimate of drug-likeness (QED) is 0.686. The summed E-state index contributed by atoms with van der Waals surface area (Å²) in [5, 5.41) is 4.03. The van der Waals surface area contributed by atoms with Crippen LogP contribution < -0.4 is 19.5 Å². The third-order valence-corrected chi connectivity index (χ3v) is 4.31. The molecule has 6 nitrogen and oxygen atoms in total. The van der Waals surface area contributed by atoms with Gasteiger partial charge in [0, 0.05) is 17.8 Å². The summed E-state index contributed by atoms with van der Waals surface area (Å²) in [4.78, 5) is 12.7. The van der Waals surface area contributed by atoms with Gasteiger partial charge in [0.15, 0.2) is 11.5 Å². The molecule has 3 rings (SSSR count). The molecular formula is C21H23NO5. The molecule has 0 unspecified atom stereocenters. The summed E-state index contributed by atoms with van der Waals surface area (Å²) in [6.45, 7) is 1.93. The number of fused-ring (bicyclic) bond motifs is 1. The van der Waals surface area contributed by atoms with Crippen molar-refractivity contribution in [3.63, 3.8) is 0 Å². The number of amides is 1. The Morgan fingerprint density at radius 2 is 1.78 bits per heavy atom. The maximum Gasteiger partial charge on any atom is 0.255 e. The molecule has 1 N–H and O–H groups in total. The van der Waals surface area contributed by atoms with E-state index in [0.29, 0.717) is 29.2 Å². The predicted molar refractivity (Wildman–Crippen MR) is 103 cm³/mol. The van der Waals surface area contributed by atoms with Gasteiger partial charge in [-0.3, -0.25) is 4.79 Å². The standard InChI is InChI=1S/C21H23NO5/c1-13(11-15-12-14-7-5-6-8-17(14)27-15)22-21(23)16-9-10-18(24-2)20(26-4)19(16)25-3/h5-10,12-13H,11H2,1-4H3,(H,22,23)/t13-/m0/s1. The Morgan fingerprint density at radius 1 is 1.04 bits per heavy atom. The minimum absolute atomic E-state index is 0.129. The van der Waals surface area contributed by atoms with Gasteiger partial charge in [-0.25, -0.2) is 0 Å². The third kappa shape index (κ3) is 3.84. The highest BCUT2D eigenvalue weighted by molar-refractivity contribution is 5.98. The van der Waals surface area contributed by atoms with Gasteiger partial charge in [0.05, 0.1) is 26.9 Å². The monoisotopic (exact) mass is 369 g/mol. The van der Waals surface area contributed by atoms with Crippen molar-refractivity contribution in [1.29, 1.82) is 0 Å². The Morgan fingerprint density at radius 3 is 2.44 bits per heavy atom. The van der Waals surface area contributed by atoms with Crippen molar-refractivity contribution in [2.45, 2.75) is 19.4 Å². The van der Waals surface area contributed by atoms with Crippen LogP contribution in [-0.4, -0.2) is 33.3 Å². The van der Waals surface area contributed by atoms with Crippen molar-refractivity contribution in [2.24, 2.45) is 0 Å². The summed E-state index contributed by atoms with van der Waals surface area (Å²) in [5.74, 6) is 1.80. The first-order chi connectivity index (χ1) is 13.1. The van der Waals surface area contributed by atoms with Gasteiger partial charge in [-0.15, -0.1) is 0 Å². The highest BCUT2D eigenvalue weighted by Gasteiger charge is 2.22. The van der Waals surface area contributed by atoms with Gasteiger partial charge in [-0.2, -0.15) is 0 Å². The zero-order valence-corrected chi connectivity index (χ0v) is 15.9. The molecule has 0 saturated carbocycles. The average Bonchev–Trinajstić information content (AvgIpc) is 3.08. The molecule has 1 amide bonds. The molecule has 27 heavy (non-hydrogen) atoms. The van der Waals surface area contributed by atoms with E-state index in [1.807, 2.05) is 37.3 Å². The highest BCUT2D eigenvalue weighted by Crippen LogP contribution is 2.39. The van der Waals surface area contributed by atoms with Crippen LogP contribution in [0.2, 0.25) is 0 Å². The van der Waals surface area contributed by atoms with E-state index in [1.165, 1.54) is 21.3 Å². The smallest absolute Gasteiger partial charge is 0.255 e. The Bertz CT molecular complexity index is 914. The first kappa shape index (κ1) is 18.6. The van der Waals surface area contributed by atoms with Crippen molar-refractivity contribution < 1.29 is 23.4 Å². The normalized spacial score (nSPS) is 11.9. The van der Waals surface area contributed by atoms with Crippen molar-refractivity contribution in [1.82, 2.24) is 5.32 Å². The van der Waals surface area contributed by atoms with Gasteiger partial charge in [0.2, 0.25) is 5.75 Å². The van der Waals surface area contributed by atoms with E-state index in [2.05, 4.69) is 5.32 Å². The second-order valence-corrected chi connectivity index (χ2v) is 6.21. The topological polar surface area (TPSA) is 69.9 Å². The van der Waals surface area contributed by atoms with E-state index >= 15 is 0 Å². The van der Waals surface area contributed by atoms with Gasteiger partial charge in [-0.05, 0) is 31.2 Å². The molecule has 0 bridgehead atoms. The van der Waals surface area contributed by atoms with Crippen LogP contribution in [0.5, 0.6) is 17.2 Å². The summed E-state index contributed by atoms with van der Waals surface area (Å²) in [6.07, 6.45) is 0.579. The van der Waals surface area contributed by atoms with Crippen molar-refractivity contribution in [2.75, 3.05) is 21.3 Å². The minimum atomic E-state index is -0.253. The summed E-state index contributed by atoms with van der Waals surface area (Å²) in [5.41, 5.74) is 1.22. The molecule has 0 aliphatic heterocycles. The number of hydrogen-bond acceptors (Lipinski definition) is 5. The van der Waals surface area contributed by atoms with Crippen molar-refractivity contribution >= 4 is 16.9 Å². The number of furan rings is 1.